The van der Waals surface area contributed by atoms with E-state index in [1.807, 2.05) is 0 Å². The summed E-state index contributed by atoms with van der Waals surface area (Å²) in [6.07, 6.45) is 5.61. The van der Waals surface area contributed by atoms with Crippen LogP contribution in [0.3, 0.4) is 0 Å². The molecule has 0 aromatic carbocycles. The maximum atomic E-state index is 4.45. The largest absolute Gasteiger partial charge is 0.356 e. The molecule has 0 aromatic heterocycles. The molecule has 86 valence electrons. The topological polar surface area (TPSA) is 27.6 Å². The van der Waals surface area contributed by atoms with Gasteiger partial charge in [0.2, 0.25) is 0 Å². The molecule has 1 aliphatic carbocycles. The van der Waals surface area contributed by atoms with Crippen LogP contribution >= 0.6 is 0 Å². The number of likely N-dealkylation sites (N-methyl/N-ethyl adjacent to an activating group) is 1. The second kappa shape index (κ2) is 4.86. The number of nitrogens with zero attached hydrogens (tertiary/aromatic N) is 2. The Labute approximate surface area is 92.9 Å². The van der Waals surface area contributed by atoms with Crippen LogP contribution in [-0.4, -0.2) is 37.5 Å². The van der Waals surface area contributed by atoms with Crippen molar-refractivity contribution in [2.45, 2.75) is 32.6 Å². The summed E-state index contributed by atoms with van der Waals surface area (Å²) in [6.45, 7) is 5.53. The predicted octanol–water partition coefficient (Wildman–Crippen LogP) is 1.70. The Kier molecular flexibility index (Phi) is 3.49. The Morgan fingerprint density at radius 1 is 1.33 bits per heavy atom. The second-order valence-electron chi connectivity index (χ2n) is 5.13. The smallest absolute Gasteiger partial charge is 0.193 e. The molecule has 1 saturated carbocycles. The Morgan fingerprint density at radius 2 is 2.07 bits per heavy atom. The van der Waals surface area contributed by atoms with Gasteiger partial charge >= 0.3 is 0 Å². The zero-order chi connectivity index (χ0) is 10.7. The summed E-state index contributed by atoms with van der Waals surface area (Å²) < 4.78 is 0. The molecule has 0 unspecified atom stereocenters. The highest BCUT2D eigenvalue weighted by atomic mass is 15.3. The standard InChI is InChI=1S/C12H23N3/c1-10-3-5-11(6-4-10)9-14-12-13-7-8-15(12)2/h10-11H,3-9H2,1-2H3,(H,13,14). The van der Waals surface area contributed by atoms with Gasteiger partial charge in [-0.3, -0.25) is 4.99 Å². The minimum Gasteiger partial charge on any atom is -0.356 e. The van der Waals surface area contributed by atoms with Crippen molar-refractivity contribution in [1.29, 1.82) is 0 Å². The molecule has 2 rings (SSSR count). The van der Waals surface area contributed by atoms with Crippen LogP contribution in [0, 0.1) is 11.8 Å². The Hall–Kier alpha value is -0.730. The fraction of sp³-hybridized carbons (Fsp3) is 0.917. The first-order valence-corrected chi connectivity index (χ1v) is 6.25. The molecule has 15 heavy (non-hydrogen) atoms. The molecule has 0 amide bonds. The Bertz CT molecular complexity index is 229. The highest BCUT2D eigenvalue weighted by Crippen LogP contribution is 2.27. The highest BCUT2D eigenvalue weighted by Gasteiger charge is 2.19. The molecule has 0 radical (unpaired) electrons. The molecule has 0 bridgehead atoms. The Morgan fingerprint density at radius 3 is 2.67 bits per heavy atom. The highest BCUT2D eigenvalue weighted by molar-refractivity contribution is 5.81. The molecule has 1 fully saturated rings. The van der Waals surface area contributed by atoms with Crippen molar-refractivity contribution < 1.29 is 0 Å². The van der Waals surface area contributed by atoms with Crippen LogP contribution in [0.1, 0.15) is 32.6 Å². The number of rotatable bonds is 2. The molecule has 0 aromatic rings. The van der Waals surface area contributed by atoms with Gasteiger partial charge in [0.15, 0.2) is 5.96 Å². The van der Waals surface area contributed by atoms with Gasteiger partial charge in [0, 0.05) is 20.1 Å². The molecule has 0 saturated heterocycles. The summed E-state index contributed by atoms with van der Waals surface area (Å²) in [7, 11) is 2.11. The zero-order valence-electron chi connectivity index (χ0n) is 10.00. The first-order valence-electron chi connectivity index (χ1n) is 6.25. The first kappa shape index (κ1) is 10.8. The van der Waals surface area contributed by atoms with E-state index in [-0.39, 0.29) is 0 Å². The lowest BCUT2D eigenvalue weighted by Gasteiger charge is -2.27. The average Bonchev–Trinajstić information content (AvgIpc) is 2.63. The van der Waals surface area contributed by atoms with E-state index in [0.29, 0.717) is 0 Å². The van der Waals surface area contributed by atoms with E-state index < -0.39 is 0 Å². The zero-order valence-corrected chi connectivity index (χ0v) is 10.00. The van der Waals surface area contributed by atoms with Gasteiger partial charge in [0.25, 0.3) is 0 Å². The van der Waals surface area contributed by atoms with Crippen LogP contribution in [0.25, 0.3) is 0 Å². The number of aliphatic imine (C=N–C) groups is 1. The van der Waals surface area contributed by atoms with Gasteiger partial charge in [-0.2, -0.15) is 0 Å². The lowest BCUT2D eigenvalue weighted by molar-refractivity contribution is 0.288. The van der Waals surface area contributed by atoms with Crippen molar-refractivity contribution in [3.05, 3.63) is 0 Å². The third-order valence-corrected chi connectivity index (χ3v) is 3.74. The number of guanidine groups is 1. The Balaban J connectivity index is 1.69. The van der Waals surface area contributed by atoms with Crippen LogP contribution in [-0.2, 0) is 0 Å². The van der Waals surface area contributed by atoms with Crippen molar-refractivity contribution in [2.75, 3.05) is 26.7 Å². The van der Waals surface area contributed by atoms with E-state index >= 15 is 0 Å². The fourth-order valence-electron chi connectivity index (χ4n) is 2.49. The average molecular weight is 209 g/mol. The van der Waals surface area contributed by atoms with Crippen molar-refractivity contribution in [3.63, 3.8) is 0 Å². The van der Waals surface area contributed by atoms with E-state index in [2.05, 4.69) is 29.2 Å². The molecule has 2 aliphatic rings. The summed E-state index contributed by atoms with van der Waals surface area (Å²) in [6, 6.07) is 0. The van der Waals surface area contributed by atoms with Gasteiger partial charge in [-0.25, -0.2) is 0 Å². The monoisotopic (exact) mass is 209 g/mol. The van der Waals surface area contributed by atoms with E-state index in [9.17, 15) is 0 Å². The number of hydrogen-bond acceptors (Lipinski definition) is 3. The van der Waals surface area contributed by atoms with E-state index in [1.54, 1.807) is 0 Å². The summed E-state index contributed by atoms with van der Waals surface area (Å²) in [5.74, 6) is 2.93. The molecular formula is C12H23N3. The second-order valence-corrected chi connectivity index (χ2v) is 5.13. The first-order chi connectivity index (χ1) is 7.25. The molecule has 1 heterocycles. The quantitative estimate of drug-likeness (QED) is 0.749. The summed E-state index contributed by atoms with van der Waals surface area (Å²) in [5.41, 5.74) is 0. The number of nitrogens with one attached hydrogen (secondary N) is 1. The van der Waals surface area contributed by atoms with Crippen molar-refractivity contribution in [1.82, 2.24) is 10.2 Å². The van der Waals surface area contributed by atoms with E-state index in [4.69, 9.17) is 0 Å². The predicted molar refractivity (Wildman–Crippen MR) is 64.1 cm³/mol. The molecule has 1 aliphatic heterocycles. The van der Waals surface area contributed by atoms with Crippen molar-refractivity contribution in [3.8, 4) is 0 Å². The molecule has 3 nitrogen and oxygen atoms in total. The van der Waals surface area contributed by atoms with Gasteiger partial charge in [0.1, 0.15) is 0 Å². The molecule has 0 spiro atoms. The molecular weight excluding hydrogens is 186 g/mol. The summed E-state index contributed by atoms with van der Waals surface area (Å²) >= 11 is 0. The van der Waals surface area contributed by atoms with Gasteiger partial charge in [-0.05, 0) is 24.7 Å². The maximum Gasteiger partial charge on any atom is 0.193 e. The van der Waals surface area contributed by atoms with E-state index in [0.717, 1.165) is 37.4 Å². The van der Waals surface area contributed by atoms with Crippen LogP contribution in [0.4, 0.5) is 0 Å². The fourth-order valence-corrected chi connectivity index (χ4v) is 2.49. The van der Waals surface area contributed by atoms with E-state index in [1.165, 1.54) is 25.7 Å². The lowest BCUT2D eigenvalue weighted by Crippen LogP contribution is -2.38. The van der Waals surface area contributed by atoms with Gasteiger partial charge in [-0.1, -0.05) is 19.8 Å². The van der Waals surface area contributed by atoms with Crippen LogP contribution in [0.2, 0.25) is 0 Å². The third kappa shape index (κ3) is 2.86. The van der Waals surface area contributed by atoms with Crippen LogP contribution in [0.5, 0.6) is 0 Å². The summed E-state index contributed by atoms with van der Waals surface area (Å²) in [5, 5.41) is 3.49. The minimum atomic E-state index is 0.873. The van der Waals surface area contributed by atoms with Gasteiger partial charge < -0.3 is 10.2 Å². The third-order valence-electron chi connectivity index (χ3n) is 3.74. The van der Waals surface area contributed by atoms with Crippen LogP contribution in [0.15, 0.2) is 4.99 Å². The molecule has 0 atom stereocenters. The molecule has 1 N–H and O–H groups in total. The van der Waals surface area contributed by atoms with Crippen molar-refractivity contribution >= 4 is 5.96 Å². The SMILES string of the molecule is CC1CCC(CNC2=NCCN2C)CC1. The minimum absolute atomic E-state index is 0.873. The molecule has 3 heteroatoms. The van der Waals surface area contributed by atoms with Crippen molar-refractivity contribution in [2.24, 2.45) is 16.8 Å². The summed E-state index contributed by atoms with van der Waals surface area (Å²) in [4.78, 5) is 6.66. The van der Waals surface area contributed by atoms with Gasteiger partial charge in [0.05, 0.1) is 6.54 Å². The maximum absolute atomic E-state index is 4.45. The normalized spacial score (nSPS) is 31.6. The van der Waals surface area contributed by atoms with Crippen LogP contribution < -0.4 is 5.32 Å². The number of hydrogen-bond donors (Lipinski definition) is 1. The van der Waals surface area contributed by atoms with Gasteiger partial charge in [-0.15, -0.1) is 0 Å². The lowest BCUT2D eigenvalue weighted by atomic mass is 9.83.